The minimum absolute atomic E-state index is 0.0983. The highest BCUT2D eigenvalue weighted by Crippen LogP contribution is 2.22. The Balaban J connectivity index is 1.49. The first-order valence-corrected chi connectivity index (χ1v) is 9.57. The van der Waals surface area contributed by atoms with Crippen molar-refractivity contribution >= 4 is 5.91 Å². The fraction of sp³-hybridized carbons (Fsp3) is 0.524. The van der Waals surface area contributed by atoms with Gasteiger partial charge in [0.2, 0.25) is 0 Å². The predicted octanol–water partition coefficient (Wildman–Crippen LogP) is 3.08. The number of rotatable bonds is 5. The number of benzene rings is 1. The van der Waals surface area contributed by atoms with Crippen LogP contribution in [-0.2, 0) is 11.8 Å². The fourth-order valence-electron chi connectivity index (χ4n) is 3.30. The van der Waals surface area contributed by atoms with Crippen LogP contribution in [0.5, 0.6) is 0 Å². The number of nitrogens with zero attached hydrogens (tertiary/aromatic N) is 2. The Labute approximate surface area is 156 Å². The standard InChI is InChI=1S/C21H30N4O/c1-21(2,3)17-8-6-16(7-9-17)10-13-23-20(26)19-11-14-25(24-19)18-5-4-12-22-15-18/h6-9,11,14,18,22H,4-5,10,12-13,15H2,1-3H3,(H,23,26). The SMILES string of the molecule is CC(C)(C)c1ccc(CCNC(=O)c2ccn(C3CCCNC3)n2)cc1. The average molecular weight is 354 g/mol. The van der Waals surface area contributed by atoms with Gasteiger partial charge in [-0.1, -0.05) is 45.0 Å². The molecule has 1 aliphatic heterocycles. The lowest BCUT2D eigenvalue weighted by Gasteiger charge is -2.22. The minimum atomic E-state index is -0.0983. The topological polar surface area (TPSA) is 59.0 Å². The third-order valence-electron chi connectivity index (χ3n) is 5.01. The molecule has 2 heterocycles. The summed E-state index contributed by atoms with van der Waals surface area (Å²) in [5, 5.41) is 10.8. The number of carbonyl (C=O) groups is 1. The van der Waals surface area contributed by atoms with E-state index in [4.69, 9.17) is 0 Å². The van der Waals surface area contributed by atoms with E-state index in [2.05, 4.69) is 60.8 Å². The van der Waals surface area contributed by atoms with Gasteiger partial charge in [0.1, 0.15) is 5.69 Å². The van der Waals surface area contributed by atoms with E-state index in [-0.39, 0.29) is 11.3 Å². The molecule has 2 aromatic rings. The molecule has 0 spiro atoms. The molecule has 0 bridgehead atoms. The summed E-state index contributed by atoms with van der Waals surface area (Å²) < 4.78 is 1.92. The highest BCUT2D eigenvalue weighted by atomic mass is 16.1. The van der Waals surface area contributed by atoms with Crippen molar-refractivity contribution in [3.8, 4) is 0 Å². The number of piperidine rings is 1. The molecule has 1 amide bonds. The monoisotopic (exact) mass is 354 g/mol. The van der Waals surface area contributed by atoms with Crippen LogP contribution in [0.25, 0.3) is 0 Å². The third kappa shape index (κ3) is 4.73. The molecule has 0 radical (unpaired) electrons. The molecule has 1 atom stereocenters. The second kappa shape index (κ2) is 8.04. The van der Waals surface area contributed by atoms with Gasteiger partial charge in [0.05, 0.1) is 6.04 Å². The van der Waals surface area contributed by atoms with Gasteiger partial charge in [-0.15, -0.1) is 0 Å². The molecule has 1 saturated heterocycles. The number of aromatic nitrogens is 2. The summed E-state index contributed by atoms with van der Waals surface area (Å²) in [5.41, 5.74) is 3.23. The highest BCUT2D eigenvalue weighted by molar-refractivity contribution is 5.92. The summed E-state index contributed by atoms with van der Waals surface area (Å²) in [7, 11) is 0. The van der Waals surface area contributed by atoms with E-state index in [0.29, 0.717) is 18.3 Å². The normalized spacial score (nSPS) is 17.9. The van der Waals surface area contributed by atoms with Crippen LogP contribution in [0.4, 0.5) is 0 Å². The molecular formula is C21H30N4O. The van der Waals surface area contributed by atoms with Crippen LogP contribution in [0.1, 0.15) is 61.3 Å². The second-order valence-corrected chi connectivity index (χ2v) is 8.13. The first-order valence-electron chi connectivity index (χ1n) is 9.57. The van der Waals surface area contributed by atoms with E-state index in [1.165, 1.54) is 11.1 Å². The first kappa shape index (κ1) is 18.6. The Morgan fingerprint density at radius 1 is 1.27 bits per heavy atom. The largest absolute Gasteiger partial charge is 0.350 e. The van der Waals surface area contributed by atoms with E-state index < -0.39 is 0 Å². The minimum Gasteiger partial charge on any atom is -0.350 e. The molecule has 1 aliphatic rings. The van der Waals surface area contributed by atoms with Crippen LogP contribution in [0.2, 0.25) is 0 Å². The molecule has 5 heteroatoms. The highest BCUT2D eigenvalue weighted by Gasteiger charge is 2.17. The Kier molecular flexibility index (Phi) is 5.77. The van der Waals surface area contributed by atoms with Gasteiger partial charge < -0.3 is 10.6 Å². The van der Waals surface area contributed by atoms with E-state index >= 15 is 0 Å². The number of hydrogen-bond acceptors (Lipinski definition) is 3. The number of hydrogen-bond donors (Lipinski definition) is 2. The Morgan fingerprint density at radius 2 is 2.04 bits per heavy atom. The van der Waals surface area contributed by atoms with Crippen molar-refractivity contribution in [2.75, 3.05) is 19.6 Å². The van der Waals surface area contributed by atoms with Crippen molar-refractivity contribution in [1.29, 1.82) is 0 Å². The van der Waals surface area contributed by atoms with Gasteiger partial charge in [-0.25, -0.2) is 0 Å². The molecule has 1 aromatic heterocycles. The summed E-state index contributed by atoms with van der Waals surface area (Å²) in [6.45, 7) is 9.25. The molecule has 26 heavy (non-hydrogen) atoms. The number of nitrogens with one attached hydrogen (secondary N) is 2. The zero-order valence-electron chi connectivity index (χ0n) is 16.1. The van der Waals surface area contributed by atoms with Crippen molar-refractivity contribution in [3.05, 3.63) is 53.3 Å². The maximum atomic E-state index is 12.3. The summed E-state index contributed by atoms with van der Waals surface area (Å²) in [6.07, 6.45) is 5.00. The zero-order valence-corrected chi connectivity index (χ0v) is 16.1. The van der Waals surface area contributed by atoms with Gasteiger partial charge in [0, 0.05) is 19.3 Å². The number of carbonyl (C=O) groups excluding carboxylic acids is 1. The maximum Gasteiger partial charge on any atom is 0.271 e. The van der Waals surface area contributed by atoms with E-state index in [0.717, 1.165) is 32.4 Å². The molecular weight excluding hydrogens is 324 g/mol. The van der Waals surface area contributed by atoms with Crippen molar-refractivity contribution in [2.45, 2.75) is 51.5 Å². The molecule has 140 valence electrons. The van der Waals surface area contributed by atoms with Crippen molar-refractivity contribution in [1.82, 2.24) is 20.4 Å². The lowest BCUT2D eigenvalue weighted by Crippen LogP contribution is -2.32. The zero-order chi connectivity index (χ0) is 18.6. The van der Waals surface area contributed by atoms with Gasteiger partial charge in [0.25, 0.3) is 5.91 Å². The smallest absolute Gasteiger partial charge is 0.271 e. The predicted molar refractivity (Wildman–Crippen MR) is 105 cm³/mol. The molecule has 5 nitrogen and oxygen atoms in total. The third-order valence-corrected chi connectivity index (χ3v) is 5.01. The summed E-state index contributed by atoms with van der Waals surface area (Å²) in [5.74, 6) is -0.0983. The molecule has 0 aliphatic carbocycles. The van der Waals surface area contributed by atoms with Crippen molar-refractivity contribution in [2.24, 2.45) is 0 Å². The first-order chi connectivity index (χ1) is 12.4. The lowest BCUT2D eigenvalue weighted by atomic mass is 9.86. The quantitative estimate of drug-likeness (QED) is 0.867. The Hall–Kier alpha value is -2.14. The van der Waals surface area contributed by atoms with E-state index in [1.54, 1.807) is 0 Å². The van der Waals surface area contributed by atoms with Crippen LogP contribution in [0.3, 0.4) is 0 Å². The van der Waals surface area contributed by atoms with Gasteiger partial charge >= 0.3 is 0 Å². The summed E-state index contributed by atoms with van der Waals surface area (Å²) >= 11 is 0. The van der Waals surface area contributed by atoms with Crippen LogP contribution in [-0.4, -0.2) is 35.3 Å². The average Bonchev–Trinajstić information content (AvgIpc) is 3.12. The molecule has 3 rings (SSSR count). The van der Waals surface area contributed by atoms with E-state index in [9.17, 15) is 4.79 Å². The summed E-state index contributed by atoms with van der Waals surface area (Å²) in [4.78, 5) is 12.3. The Bertz CT molecular complexity index is 721. The van der Waals surface area contributed by atoms with Crippen molar-refractivity contribution < 1.29 is 4.79 Å². The fourth-order valence-corrected chi connectivity index (χ4v) is 3.30. The van der Waals surface area contributed by atoms with Gasteiger partial charge in [0.15, 0.2) is 0 Å². The van der Waals surface area contributed by atoms with Crippen LogP contribution in [0, 0.1) is 0 Å². The molecule has 1 aromatic carbocycles. The van der Waals surface area contributed by atoms with E-state index in [1.807, 2.05) is 16.9 Å². The molecule has 2 N–H and O–H groups in total. The number of amides is 1. The lowest BCUT2D eigenvalue weighted by molar-refractivity contribution is 0.0948. The maximum absolute atomic E-state index is 12.3. The van der Waals surface area contributed by atoms with Crippen molar-refractivity contribution in [3.63, 3.8) is 0 Å². The van der Waals surface area contributed by atoms with Crippen LogP contribution in [0.15, 0.2) is 36.5 Å². The Morgan fingerprint density at radius 3 is 2.69 bits per heavy atom. The molecule has 0 saturated carbocycles. The van der Waals surface area contributed by atoms with Crippen LogP contribution >= 0.6 is 0 Å². The summed E-state index contributed by atoms with van der Waals surface area (Å²) in [6, 6.07) is 10.8. The van der Waals surface area contributed by atoms with Gasteiger partial charge in [-0.3, -0.25) is 9.48 Å². The van der Waals surface area contributed by atoms with Crippen LogP contribution < -0.4 is 10.6 Å². The van der Waals surface area contributed by atoms with Gasteiger partial charge in [-0.2, -0.15) is 5.10 Å². The second-order valence-electron chi connectivity index (χ2n) is 8.13. The molecule has 1 unspecified atom stereocenters. The molecule has 1 fully saturated rings. The van der Waals surface area contributed by atoms with Gasteiger partial charge in [-0.05, 0) is 48.4 Å².